The molecule has 0 atom stereocenters. The lowest BCUT2D eigenvalue weighted by molar-refractivity contribution is 0.0695. The van der Waals surface area contributed by atoms with E-state index in [2.05, 4.69) is 10.3 Å². The minimum atomic E-state index is -1.01. The molecule has 0 aliphatic rings. The summed E-state index contributed by atoms with van der Waals surface area (Å²) in [4.78, 5) is 15.1. The van der Waals surface area contributed by atoms with Gasteiger partial charge in [0.1, 0.15) is 0 Å². The molecule has 0 spiro atoms. The fourth-order valence-electron chi connectivity index (χ4n) is 1.62. The first-order chi connectivity index (χ1) is 9.06. The van der Waals surface area contributed by atoms with Gasteiger partial charge < -0.3 is 10.4 Å². The molecule has 1 aromatic heterocycles. The van der Waals surface area contributed by atoms with E-state index >= 15 is 0 Å². The number of carboxylic acid groups (broad SMARTS) is 1. The molecule has 0 saturated carbocycles. The highest BCUT2D eigenvalue weighted by Gasteiger charge is 2.10. The predicted molar refractivity (Wildman–Crippen MR) is 75.0 cm³/mol. The Balaban J connectivity index is 2.16. The molecule has 19 heavy (non-hydrogen) atoms. The van der Waals surface area contributed by atoms with Crippen molar-refractivity contribution in [3.63, 3.8) is 0 Å². The van der Waals surface area contributed by atoms with E-state index in [1.165, 1.54) is 6.07 Å². The molecule has 0 aliphatic carbocycles. The second-order valence-corrected chi connectivity index (χ2v) is 4.69. The van der Waals surface area contributed by atoms with Crippen LogP contribution in [0.4, 0.5) is 5.69 Å². The average Bonchev–Trinajstić information content (AvgIpc) is 2.35. The zero-order valence-corrected chi connectivity index (χ0v) is 11.2. The van der Waals surface area contributed by atoms with E-state index in [0.29, 0.717) is 21.4 Å². The number of aromatic nitrogens is 1. The number of hydrogen-bond donors (Lipinski definition) is 2. The number of benzene rings is 1. The number of carboxylic acids is 1. The van der Waals surface area contributed by atoms with Gasteiger partial charge in [0.25, 0.3) is 0 Å². The van der Waals surface area contributed by atoms with Crippen LogP contribution in [-0.2, 0) is 6.54 Å². The maximum atomic E-state index is 11.0. The Hall–Kier alpha value is -1.78. The van der Waals surface area contributed by atoms with Crippen molar-refractivity contribution in [3.8, 4) is 0 Å². The van der Waals surface area contributed by atoms with Gasteiger partial charge in [-0.25, -0.2) is 4.79 Å². The Kier molecular flexibility index (Phi) is 4.24. The number of nitrogens with one attached hydrogen (secondary N) is 1. The second-order valence-electron chi connectivity index (χ2n) is 3.81. The van der Waals surface area contributed by atoms with Gasteiger partial charge in [-0.15, -0.1) is 0 Å². The van der Waals surface area contributed by atoms with E-state index in [9.17, 15) is 4.79 Å². The summed E-state index contributed by atoms with van der Waals surface area (Å²) < 4.78 is 0. The number of rotatable bonds is 4. The van der Waals surface area contributed by atoms with Crippen LogP contribution >= 0.6 is 23.2 Å². The molecule has 2 N–H and O–H groups in total. The smallest absolute Gasteiger partial charge is 0.337 e. The van der Waals surface area contributed by atoms with Crippen molar-refractivity contribution in [1.29, 1.82) is 0 Å². The number of carbonyl (C=O) groups is 1. The Morgan fingerprint density at radius 1 is 1.26 bits per heavy atom. The average molecular weight is 297 g/mol. The molecule has 0 radical (unpaired) electrons. The van der Waals surface area contributed by atoms with Gasteiger partial charge in [0.2, 0.25) is 0 Å². The number of halogens is 2. The fraction of sp³-hybridized carbons (Fsp3) is 0.0769. The lowest BCUT2D eigenvalue weighted by Gasteiger charge is -2.09. The molecule has 98 valence electrons. The molecule has 4 nitrogen and oxygen atoms in total. The topological polar surface area (TPSA) is 62.2 Å². The number of nitrogens with zero attached hydrogens (tertiary/aromatic N) is 1. The monoisotopic (exact) mass is 296 g/mol. The van der Waals surface area contributed by atoms with Crippen LogP contribution in [0.5, 0.6) is 0 Å². The van der Waals surface area contributed by atoms with Gasteiger partial charge in [-0.1, -0.05) is 23.2 Å². The van der Waals surface area contributed by atoms with Crippen LogP contribution < -0.4 is 5.32 Å². The molecular weight excluding hydrogens is 287 g/mol. The molecule has 0 aliphatic heterocycles. The summed E-state index contributed by atoms with van der Waals surface area (Å²) >= 11 is 11.8. The van der Waals surface area contributed by atoms with Crippen LogP contribution in [0, 0.1) is 0 Å². The molecule has 1 aromatic carbocycles. The summed E-state index contributed by atoms with van der Waals surface area (Å²) in [7, 11) is 0. The molecule has 0 saturated heterocycles. The summed E-state index contributed by atoms with van der Waals surface area (Å²) in [5.74, 6) is -1.01. The largest absolute Gasteiger partial charge is 0.478 e. The van der Waals surface area contributed by atoms with Crippen LogP contribution in [0.3, 0.4) is 0 Å². The van der Waals surface area contributed by atoms with Crippen molar-refractivity contribution >= 4 is 34.9 Å². The minimum Gasteiger partial charge on any atom is -0.478 e. The molecule has 1 heterocycles. The van der Waals surface area contributed by atoms with Crippen LogP contribution in [0.2, 0.25) is 10.0 Å². The van der Waals surface area contributed by atoms with Crippen LogP contribution in [0.1, 0.15) is 16.1 Å². The van der Waals surface area contributed by atoms with Gasteiger partial charge in [-0.3, -0.25) is 4.98 Å². The summed E-state index contributed by atoms with van der Waals surface area (Å²) in [6.45, 7) is 0.277. The van der Waals surface area contributed by atoms with Gasteiger partial charge in [0.15, 0.2) is 0 Å². The molecular formula is C13H10Cl2N2O2. The first-order valence-electron chi connectivity index (χ1n) is 5.43. The maximum Gasteiger partial charge on any atom is 0.337 e. The van der Waals surface area contributed by atoms with Gasteiger partial charge >= 0.3 is 5.97 Å². The first kappa shape index (κ1) is 13.6. The zero-order valence-electron chi connectivity index (χ0n) is 9.73. The highest BCUT2D eigenvalue weighted by atomic mass is 35.5. The molecule has 2 rings (SSSR count). The number of pyridine rings is 1. The van der Waals surface area contributed by atoms with Gasteiger partial charge in [0, 0.05) is 21.9 Å². The quantitative estimate of drug-likeness (QED) is 0.903. The maximum absolute atomic E-state index is 11.0. The molecule has 0 bridgehead atoms. The normalized spacial score (nSPS) is 10.2. The Labute approximate surface area is 120 Å². The van der Waals surface area contributed by atoms with E-state index < -0.39 is 5.97 Å². The highest BCUT2D eigenvalue weighted by Crippen LogP contribution is 2.23. The Morgan fingerprint density at radius 3 is 2.58 bits per heavy atom. The highest BCUT2D eigenvalue weighted by molar-refractivity contribution is 6.35. The lowest BCUT2D eigenvalue weighted by atomic mass is 10.2. The van der Waals surface area contributed by atoms with Gasteiger partial charge in [-0.2, -0.15) is 0 Å². The van der Waals surface area contributed by atoms with E-state index in [1.807, 2.05) is 0 Å². The summed E-state index contributed by atoms with van der Waals surface area (Å²) in [5.41, 5.74) is 1.33. The molecule has 6 heteroatoms. The Morgan fingerprint density at radius 2 is 1.95 bits per heavy atom. The van der Waals surface area contributed by atoms with Crippen LogP contribution in [0.15, 0.2) is 36.5 Å². The summed E-state index contributed by atoms with van der Waals surface area (Å²) in [6, 6.07) is 8.13. The third-order valence-corrected chi connectivity index (χ3v) is 2.88. The third kappa shape index (κ3) is 3.59. The van der Waals surface area contributed by atoms with E-state index in [1.54, 1.807) is 30.5 Å². The first-order valence-corrected chi connectivity index (χ1v) is 6.19. The van der Waals surface area contributed by atoms with Crippen molar-refractivity contribution in [3.05, 3.63) is 57.8 Å². The van der Waals surface area contributed by atoms with Gasteiger partial charge in [0.05, 0.1) is 17.8 Å². The molecule has 0 amide bonds. The Bertz CT molecular complexity index is 597. The van der Waals surface area contributed by atoms with Crippen molar-refractivity contribution in [2.24, 2.45) is 0 Å². The number of anilines is 1. The van der Waals surface area contributed by atoms with E-state index in [4.69, 9.17) is 28.3 Å². The zero-order chi connectivity index (χ0) is 13.8. The molecule has 0 unspecified atom stereocenters. The minimum absolute atomic E-state index is 0.170. The van der Waals surface area contributed by atoms with Crippen molar-refractivity contribution in [2.75, 3.05) is 5.32 Å². The predicted octanol–water partition coefficient (Wildman–Crippen LogP) is 3.70. The number of hydrogen-bond acceptors (Lipinski definition) is 3. The lowest BCUT2D eigenvalue weighted by Crippen LogP contribution is -2.09. The van der Waals surface area contributed by atoms with Crippen molar-refractivity contribution in [1.82, 2.24) is 4.98 Å². The van der Waals surface area contributed by atoms with Crippen LogP contribution in [-0.4, -0.2) is 16.1 Å². The standard InChI is InChI=1S/C13H10Cl2N2O2/c14-8-4-9(15)6-10(5-8)17-7-12-11(13(18)19)2-1-3-16-12/h1-6,17H,7H2,(H,18,19). The molecule has 2 aromatic rings. The van der Waals surface area contributed by atoms with E-state index in [-0.39, 0.29) is 12.1 Å². The second kappa shape index (κ2) is 5.91. The third-order valence-electron chi connectivity index (χ3n) is 2.44. The van der Waals surface area contributed by atoms with Crippen molar-refractivity contribution < 1.29 is 9.90 Å². The fourth-order valence-corrected chi connectivity index (χ4v) is 2.14. The van der Waals surface area contributed by atoms with Crippen molar-refractivity contribution in [2.45, 2.75) is 6.54 Å². The summed E-state index contributed by atoms with van der Waals surface area (Å²) in [5, 5.41) is 13.1. The SMILES string of the molecule is O=C(O)c1cccnc1CNc1cc(Cl)cc(Cl)c1. The summed E-state index contributed by atoms with van der Waals surface area (Å²) in [6.07, 6.45) is 1.55. The molecule has 0 fully saturated rings. The van der Waals surface area contributed by atoms with Gasteiger partial charge in [-0.05, 0) is 30.3 Å². The van der Waals surface area contributed by atoms with Crippen LogP contribution in [0.25, 0.3) is 0 Å². The van der Waals surface area contributed by atoms with E-state index in [0.717, 1.165) is 0 Å². The number of aromatic carboxylic acids is 1.